The lowest BCUT2D eigenvalue weighted by molar-refractivity contribution is -0.144. The Kier molecular flexibility index (Phi) is 6.37. The normalized spacial score (nSPS) is 26.3. The second-order valence-electron chi connectivity index (χ2n) is 5.15. The number of carbonyl (C=O) groups is 1. The topological polar surface area (TPSA) is 184 Å². The Hall–Kier alpha value is -2.30. The zero-order valence-electron chi connectivity index (χ0n) is 12.6. The minimum absolute atomic E-state index is 0.289. The van der Waals surface area contributed by atoms with Crippen molar-refractivity contribution in [3.8, 4) is 0 Å². The lowest BCUT2D eigenvalue weighted by Gasteiger charge is -2.39. The zero-order valence-corrected chi connectivity index (χ0v) is 12.6. The van der Waals surface area contributed by atoms with Gasteiger partial charge in [0.05, 0.1) is 18.7 Å². The Morgan fingerprint density at radius 2 is 2.13 bits per heavy atom. The molecule has 0 unspecified atom stereocenters. The molecule has 5 atom stereocenters. The van der Waals surface area contributed by atoms with Crippen molar-refractivity contribution in [2.24, 2.45) is 16.5 Å². The highest BCUT2D eigenvalue weighted by molar-refractivity contribution is 5.85. The fourth-order valence-corrected chi connectivity index (χ4v) is 2.18. The highest BCUT2D eigenvalue weighted by Gasteiger charge is 2.43. The summed E-state index contributed by atoms with van der Waals surface area (Å²) in [6.07, 6.45) is -3.19. The summed E-state index contributed by atoms with van der Waals surface area (Å²) in [6, 6.07) is -1.70. The Balaban J connectivity index is 3.28. The first kappa shape index (κ1) is 18.7. The molecule has 9 N–H and O–H groups in total. The molecule has 0 radical (unpaired) electrons. The average Bonchev–Trinajstić information content (AvgIpc) is 2.45. The largest absolute Gasteiger partial charge is 0.478 e. The molecular weight excluding hydrogens is 308 g/mol. The highest BCUT2D eigenvalue weighted by atomic mass is 16.5. The van der Waals surface area contributed by atoms with Crippen LogP contribution in [0.4, 0.5) is 0 Å². The summed E-state index contributed by atoms with van der Waals surface area (Å²) in [5, 5.41) is 40.8. The number of hydrogen-bond donors (Lipinski definition) is 7. The van der Waals surface area contributed by atoms with E-state index in [1.54, 1.807) is 6.92 Å². The minimum Gasteiger partial charge on any atom is -0.478 e. The third kappa shape index (κ3) is 4.84. The summed E-state index contributed by atoms with van der Waals surface area (Å²) in [4.78, 5) is 15.1. The van der Waals surface area contributed by atoms with Crippen molar-refractivity contribution in [2.75, 3.05) is 6.61 Å². The van der Waals surface area contributed by atoms with Gasteiger partial charge in [-0.25, -0.2) is 9.79 Å². The second kappa shape index (κ2) is 7.81. The van der Waals surface area contributed by atoms with E-state index in [1.807, 2.05) is 0 Å². The molecule has 0 fully saturated rings. The van der Waals surface area contributed by atoms with E-state index >= 15 is 0 Å². The number of allylic oxidation sites excluding steroid dienone is 1. The van der Waals surface area contributed by atoms with Crippen LogP contribution in [-0.2, 0) is 9.53 Å². The maximum Gasteiger partial charge on any atom is 0.370 e. The zero-order chi connectivity index (χ0) is 17.7. The number of ether oxygens (including phenoxy) is 1. The van der Waals surface area contributed by atoms with Gasteiger partial charge >= 0.3 is 5.97 Å². The number of nitrogens with two attached hydrogens (primary N) is 2. The van der Waals surface area contributed by atoms with Gasteiger partial charge in [-0.05, 0) is 13.0 Å². The van der Waals surface area contributed by atoms with Crippen LogP contribution in [-0.4, -0.2) is 69.4 Å². The van der Waals surface area contributed by atoms with E-state index in [9.17, 15) is 15.0 Å². The molecule has 0 spiro atoms. The van der Waals surface area contributed by atoms with Gasteiger partial charge in [0.2, 0.25) is 5.76 Å². The van der Waals surface area contributed by atoms with Crippen LogP contribution in [0.2, 0.25) is 0 Å². The number of aliphatic hydroxyl groups is 3. The number of carboxylic acid groups (broad SMARTS) is 1. The van der Waals surface area contributed by atoms with Crippen molar-refractivity contribution in [1.29, 1.82) is 0 Å². The van der Waals surface area contributed by atoms with Crippen molar-refractivity contribution >= 4 is 11.9 Å². The second-order valence-corrected chi connectivity index (χ2v) is 5.15. The maximum absolute atomic E-state index is 11.2. The van der Waals surface area contributed by atoms with E-state index in [2.05, 4.69) is 16.9 Å². The molecule has 10 heteroatoms. The third-order valence-corrected chi connectivity index (χ3v) is 3.15. The van der Waals surface area contributed by atoms with E-state index in [1.165, 1.54) is 6.08 Å². The quantitative estimate of drug-likeness (QED) is 0.191. The third-order valence-electron chi connectivity index (χ3n) is 3.15. The van der Waals surface area contributed by atoms with Crippen molar-refractivity contribution in [1.82, 2.24) is 5.32 Å². The highest BCUT2D eigenvalue weighted by Crippen LogP contribution is 2.25. The molecule has 1 heterocycles. The number of hydrogen-bond acceptors (Lipinski definition) is 7. The number of rotatable bonds is 7. The number of carboxylic acids is 1. The van der Waals surface area contributed by atoms with E-state index in [-0.39, 0.29) is 5.96 Å². The molecule has 1 aliphatic rings. The number of nitrogens with zero attached hydrogens (tertiary/aromatic N) is 1. The first-order chi connectivity index (χ1) is 10.7. The van der Waals surface area contributed by atoms with Gasteiger partial charge in [-0.1, -0.05) is 6.58 Å². The Bertz CT molecular complexity index is 517. The first-order valence-electron chi connectivity index (χ1n) is 6.77. The van der Waals surface area contributed by atoms with Crippen LogP contribution in [0.25, 0.3) is 0 Å². The molecule has 0 bridgehead atoms. The van der Waals surface area contributed by atoms with Crippen LogP contribution >= 0.6 is 0 Å². The van der Waals surface area contributed by atoms with Gasteiger partial charge in [-0.15, -0.1) is 0 Å². The van der Waals surface area contributed by atoms with Crippen LogP contribution < -0.4 is 16.8 Å². The average molecular weight is 330 g/mol. The van der Waals surface area contributed by atoms with Gasteiger partial charge in [-0.3, -0.25) is 0 Å². The molecule has 1 rings (SSSR count). The summed E-state index contributed by atoms with van der Waals surface area (Å²) < 4.78 is 5.24. The van der Waals surface area contributed by atoms with Crippen molar-refractivity contribution in [3.63, 3.8) is 0 Å². The number of aliphatic imine (C=N–C) groups is 1. The van der Waals surface area contributed by atoms with Crippen molar-refractivity contribution in [3.05, 3.63) is 24.1 Å². The van der Waals surface area contributed by atoms with Crippen LogP contribution in [0.15, 0.2) is 29.1 Å². The summed E-state index contributed by atoms with van der Waals surface area (Å²) in [5.41, 5.74) is 11.2. The van der Waals surface area contributed by atoms with Gasteiger partial charge in [0.25, 0.3) is 0 Å². The van der Waals surface area contributed by atoms with Gasteiger partial charge in [0, 0.05) is 5.70 Å². The van der Waals surface area contributed by atoms with Crippen molar-refractivity contribution in [2.45, 2.75) is 37.3 Å². The molecule has 0 aliphatic carbocycles. The van der Waals surface area contributed by atoms with Crippen LogP contribution in [0.5, 0.6) is 0 Å². The van der Waals surface area contributed by atoms with Crippen LogP contribution in [0.1, 0.15) is 6.92 Å². The van der Waals surface area contributed by atoms with Gasteiger partial charge in [-0.2, -0.15) is 0 Å². The molecule has 0 saturated heterocycles. The molecule has 23 heavy (non-hydrogen) atoms. The fourth-order valence-electron chi connectivity index (χ4n) is 2.18. The predicted molar refractivity (Wildman–Crippen MR) is 81.0 cm³/mol. The standard InChI is InChI=1S/C13H22N4O6/c1-5(2)16-9-6(17-13(14)15)3-8(12(21)22)23-11(9)10(20)7(19)4-18/h3,6-7,9-11,16,18-20H,1,4H2,2H3,(H,21,22)(H4,14,15,17)/t6-,7+,9+,10+,11+/m0/s1. The van der Waals surface area contributed by atoms with Gasteiger partial charge in [0.15, 0.2) is 5.96 Å². The predicted octanol–water partition coefficient (Wildman–Crippen LogP) is -2.80. The Labute approximate surface area is 132 Å². The van der Waals surface area contributed by atoms with E-state index in [4.69, 9.17) is 26.4 Å². The van der Waals surface area contributed by atoms with E-state index in [0.29, 0.717) is 5.70 Å². The number of aliphatic carboxylic acids is 1. The Morgan fingerprint density at radius 3 is 2.57 bits per heavy atom. The SMILES string of the molecule is C=C(C)N[C@H]1[C@H]([C@H](O)[C@H](O)CO)OC(C(=O)O)=C[C@@H]1N=C(N)N. The lowest BCUT2D eigenvalue weighted by Crippen LogP contribution is -2.58. The maximum atomic E-state index is 11.2. The molecule has 0 aromatic rings. The number of guanidine groups is 1. The monoisotopic (exact) mass is 330 g/mol. The molecule has 0 aromatic heterocycles. The van der Waals surface area contributed by atoms with E-state index in [0.717, 1.165) is 0 Å². The fraction of sp³-hybridized carbons (Fsp3) is 0.538. The molecule has 10 nitrogen and oxygen atoms in total. The van der Waals surface area contributed by atoms with Gasteiger partial charge in [0.1, 0.15) is 18.3 Å². The van der Waals surface area contributed by atoms with Crippen LogP contribution in [0, 0.1) is 0 Å². The Morgan fingerprint density at radius 1 is 1.52 bits per heavy atom. The first-order valence-corrected chi connectivity index (χ1v) is 6.77. The summed E-state index contributed by atoms with van der Waals surface area (Å²) in [5.74, 6) is -2.15. The smallest absolute Gasteiger partial charge is 0.370 e. The molecule has 0 saturated carbocycles. The van der Waals surface area contributed by atoms with Crippen LogP contribution in [0.3, 0.4) is 0 Å². The number of nitrogens with one attached hydrogen (secondary N) is 1. The van der Waals surface area contributed by atoms with Gasteiger partial charge < -0.3 is 41.9 Å². The molecule has 130 valence electrons. The molecule has 0 aromatic carbocycles. The summed E-state index contributed by atoms with van der Waals surface area (Å²) in [7, 11) is 0. The van der Waals surface area contributed by atoms with E-state index < -0.39 is 48.7 Å². The summed E-state index contributed by atoms with van der Waals surface area (Å²) in [6.45, 7) is 4.57. The molecule has 1 aliphatic heterocycles. The molecular formula is C13H22N4O6. The lowest BCUT2D eigenvalue weighted by atomic mass is 9.92. The molecule has 0 amide bonds. The minimum atomic E-state index is -1.59. The number of aliphatic hydroxyl groups excluding tert-OH is 3. The summed E-state index contributed by atoms with van der Waals surface area (Å²) >= 11 is 0. The van der Waals surface area contributed by atoms with Crippen molar-refractivity contribution < 1.29 is 30.0 Å².